The second-order valence-corrected chi connectivity index (χ2v) is 14.6. The van der Waals surface area contributed by atoms with E-state index in [1.807, 2.05) is 0 Å². The molecule has 0 amide bonds. The second-order valence-electron chi connectivity index (χ2n) is 14.6. The van der Waals surface area contributed by atoms with Crippen molar-refractivity contribution in [3.05, 3.63) is 156 Å². The van der Waals surface area contributed by atoms with Gasteiger partial charge in [0.15, 0.2) is 24.6 Å². The molecular formula is C47H33N3O+2. The fourth-order valence-electron chi connectivity index (χ4n) is 9.75. The maximum Gasteiger partial charge on any atom is 0.218 e. The maximum atomic E-state index is 6.60. The third-order valence-corrected chi connectivity index (χ3v) is 11.9. The summed E-state index contributed by atoms with van der Waals surface area (Å²) in [5.41, 5.74) is 14.8. The Morgan fingerprint density at radius 2 is 1.51 bits per heavy atom. The van der Waals surface area contributed by atoms with Gasteiger partial charge < -0.3 is 8.82 Å². The van der Waals surface area contributed by atoms with E-state index in [2.05, 4.69) is 166 Å². The number of aryl methyl sites for hydroxylation is 1. The molecule has 2 atom stereocenters. The highest BCUT2D eigenvalue weighted by atomic mass is 16.3. The molecule has 12 rings (SSSR count). The fraction of sp³-hybridized carbons (Fsp3) is 0.106. The van der Waals surface area contributed by atoms with Gasteiger partial charge in [0, 0.05) is 68.1 Å². The zero-order valence-corrected chi connectivity index (χ0v) is 28.2. The number of para-hydroxylation sites is 2. The van der Waals surface area contributed by atoms with E-state index >= 15 is 0 Å². The number of furan rings is 1. The van der Waals surface area contributed by atoms with Crippen molar-refractivity contribution in [3.63, 3.8) is 0 Å². The first kappa shape index (κ1) is 27.5. The molecule has 7 heterocycles. The Balaban J connectivity index is 1.24. The molecule has 5 aromatic carbocycles. The number of allylic oxidation sites excluding steroid dienone is 1. The molecule has 0 aliphatic carbocycles. The summed E-state index contributed by atoms with van der Waals surface area (Å²) in [6, 6.07) is 45.2. The van der Waals surface area contributed by atoms with Crippen LogP contribution in [0.2, 0.25) is 0 Å². The van der Waals surface area contributed by atoms with Gasteiger partial charge in [0.2, 0.25) is 11.4 Å². The zero-order valence-electron chi connectivity index (χ0n) is 28.2. The molecule has 0 saturated carbocycles. The quantitative estimate of drug-likeness (QED) is 0.149. The largest absolute Gasteiger partial charge is 0.456 e. The zero-order chi connectivity index (χ0) is 33.4. The van der Waals surface area contributed by atoms with Gasteiger partial charge >= 0.3 is 0 Å². The van der Waals surface area contributed by atoms with Crippen LogP contribution in [0.5, 0.6) is 0 Å². The summed E-state index contributed by atoms with van der Waals surface area (Å²) < 4.78 is 14.0. The van der Waals surface area contributed by atoms with Gasteiger partial charge in [0.1, 0.15) is 11.2 Å². The standard InChI is InChI=1S/C47H33N3O/c1-28-19-20-38-35-25-37-42(50-40-17-6-4-13-33(40)36-26-44-45(46(37)47(36)50)34-14-5-7-18-43(34)51-44)24-29(35)23-41-32(15-10-21-48(38)27-28)30-11-2-3-12-31(30)39-16-8-9-22-49(39)41/h2-14,16-22,24-27,32,41H,15,23H2,1H3/q+2/b21-10+. The van der Waals surface area contributed by atoms with Crippen LogP contribution in [0.15, 0.2) is 144 Å². The number of fused-ring (bicyclic) bond motifs is 19. The topological polar surface area (TPSA) is 25.3 Å². The second kappa shape index (κ2) is 9.92. The van der Waals surface area contributed by atoms with Crippen molar-refractivity contribution in [2.45, 2.75) is 31.7 Å². The van der Waals surface area contributed by atoms with Gasteiger partial charge in [0.05, 0.1) is 28.0 Å². The van der Waals surface area contributed by atoms with E-state index in [4.69, 9.17) is 4.42 Å². The van der Waals surface area contributed by atoms with Gasteiger partial charge in [-0.3, -0.25) is 0 Å². The molecule has 51 heavy (non-hydrogen) atoms. The molecule has 0 radical (unpaired) electrons. The molecular weight excluding hydrogens is 623 g/mol. The monoisotopic (exact) mass is 655 g/mol. The highest BCUT2D eigenvalue weighted by molar-refractivity contribution is 6.35. The predicted octanol–water partition coefficient (Wildman–Crippen LogP) is 10.7. The fourth-order valence-corrected chi connectivity index (χ4v) is 9.75. The Kier molecular flexibility index (Phi) is 5.36. The third-order valence-electron chi connectivity index (χ3n) is 11.9. The van der Waals surface area contributed by atoms with E-state index < -0.39 is 0 Å². The molecule has 0 bridgehead atoms. The number of aromatic nitrogens is 3. The summed E-state index contributed by atoms with van der Waals surface area (Å²) >= 11 is 0. The van der Waals surface area contributed by atoms with E-state index in [-0.39, 0.29) is 6.04 Å². The van der Waals surface area contributed by atoms with E-state index in [0.717, 1.165) is 24.0 Å². The summed E-state index contributed by atoms with van der Waals surface area (Å²) in [4.78, 5) is 0. The Hall–Kier alpha value is -6.26. The van der Waals surface area contributed by atoms with Crippen molar-refractivity contribution < 1.29 is 13.6 Å². The minimum absolute atomic E-state index is 0.254. The first-order valence-electron chi connectivity index (χ1n) is 18.0. The summed E-state index contributed by atoms with van der Waals surface area (Å²) in [6.45, 7) is 2.18. The Labute approximate surface area is 294 Å². The van der Waals surface area contributed by atoms with Gasteiger partial charge in [-0.15, -0.1) is 0 Å². The Morgan fingerprint density at radius 3 is 2.47 bits per heavy atom. The van der Waals surface area contributed by atoms with Crippen LogP contribution in [-0.4, -0.2) is 4.40 Å². The molecule has 0 spiro atoms. The first-order chi connectivity index (χ1) is 25.2. The number of benzene rings is 5. The van der Waals surface area contributed by atoms with Crippen LogP contribution < -0.4 is 9.13 Å². The number of rotatable bonds is 0. The average Bonchev–Trinajstić information content (AvgIpc) is 3.81. The van der Waals surface area contributed by atoms with Gasteiger partial charge in [-0.1, -0.05) is 54.6 Å². The van der Waals surface area contributed by atoms with Crippen molar-refractivity contribution >= 4 is 66.2 Å². The normalized spacial score (nSPS) is 17.5. The third kappa shape index (κ3) is 3.64. The molecule has 10 aromatic rings. The molecule has 0 fully saturated rings. The van der Waals surface area contributed by atoms with E-state index in [9.17, 15) is 0 Å². The number of hydrogen-bond acceptors (Lipinski definition) is 1. The summed E-state index contributed by atoms with van der Waals surface area (Å²) in [5.74, 6) is 0.332. The highest BCUT2D eigenvalue weighted by Gasteiger charge is 2.40. The molecule has 4 heteroatoms. The maximum absolute atomic E-state index is 6.60. The van der Waals surface area contributed by atoms with Gasteiger partial charge in [0.25, 0.3) is 0 Å². The van der Waals surface area contributed by atoms with Crippen LogP contribution in [0.25, 0.3) is 88.7 Å². The minimum Gasteiger partial charge on any atom is -0.456 e. The minimum atomic E-state index is 0.254. The Morgan fingerprint density at radius 1 is 0.667 bits per heavy atom. The van der Waals surface area contributed by atoms with Crippen molar-refractivity contribution in [1.82, 2.24) is 4.40 Å². The SMILES string of the molecule is Cc1ccc2[n+](c1)/C=C/CC1c3ccccc3-c3cccc[n+]3C1Cc1cc3c(cc1-2)c1c2c(cc4c5ccccc5n3c41)oc1ccccc12. The first-order valence-corrected chi connectivity index (χ1v) is 18.0. The van der Waals surface area contributed by atoms with Crippen molar-refractivity contribution in [1.29, 1.82) is 0 Å². The van der Waals surface area contributed by atoms with Gasteiger partial charge in [-0.05, 0) is 79.1 Å². The lowest BCUT2D eigenvalue weighted by molar-refractivity contribution is -0.718. The lowest BCUT2D eigenvalue weighted by Gasteiger charge is -2.30. The average molecular weight is 656 g/mol. The molecule has 2 aliphatic heterocycles. The lowest BCUT2D eigenvalue weighted by Crippen LogP contribution is -2.48. The molecule has 2 aliphatic rings. The molecule has 0 saturated heterocycles. The van der Waals surface area contributed by atoms with Crippen LogP contribution in [0.4, 0.5) is 0 Å². The molecule has 0 N–H and O–H groups in total. The highest BCUT2D eigenvalue weighted by Crippen LogP contribution is 2.48. The summed E-state index contributed by atoms with van der Waals surface area (Å²) in [6.07, 6.45) is 11.1. The van der Waals surface area contributed by atoms with Crippen LogP contribution in [-0.2, 0) is 6.42 Å². The van der Waals surface area contributed by atoms with Gasteiger partial charge in [-0.2, -0.15) is 9.13 Å². The molecule has 4 nitrogen and oxygen atoms in total. The van der Waals surface area contributed by atoms with Crippen molar-refractivity contribution in [2.24, 2.45) is 0 Å². The van der Waals surface area contributed by atoms with Crippen LogP contribution in [0.3, 0.4) is 0 Å². The van der Waals surface area contributed by atoms with Crippen LogP contribution >= 0.6 is 0 Å². The van der Waals surface area contributed by atoms with E-state index in [1.165, 1.54) is 88.1 Å². The smallest absolute Gasteiger partial charge is 0.218 e. The van der Waals surface area contributed by atoms with Crippen molar-refractivity contribution in [2.75, 3.05) is 0 Å². The van der Waals surface area contributed by atoms with Gasteiger partial charge in [-0.25, -0.2) is 0 Å². The van der Waals surface area contributed by atoms with E-state index in [0.29, 0.717) is 5.92 Å². The Bertz CT molecular complexity index is 3120. The number of nitrogens with zero attached hydrogens (tertiary/aromatic N) is 3. The number of pyridine rings is 2. The predicted molar refractivity (Wildman–Crippen MR) is 206 cm³/mol. The lowest BCUT2D eigenvalue weighted by atomic mass is 9.78. The number of hydrogen-bond donors (Lipinski definition) is 0. The molecule has 240 valence electrons. The van der Waals surface area contributed by atoms with Crippen LogP contribution in [0, 0.1) is 6.92 Å². The van der Waals surface area contributed by atoms with Crippen LogP contribution in [0.1, 0.15) is 35.1 Å². The summed E-state index contributed by atoms with van der Waals surface area (Å²) in [7, 11) is 0. The summed E-state index contributed by atoms with van der Waals surface area (Å²) in [5, 5.41) is 7.41. The van der Waals surface area contributed by atoms with Crippen molar-refractivity contribution in [3.8, 4) is 22.5 Å². The molecule has 2 unspecified atom stereocenters. The molecule has 5 aromatic heterocycles. The van der Waals surface area contributed by atoms with E-state index in [1.54, 1.807) is 0 Å².